The first kappa shape index (κ1) is 87.6. The van der Waals surface area contributed by atoms with Crippen molar-refractivity contribution >= 4 is 108 Å². The van der Waals surface area contributed by atoms with Crippen LogP contribution in [0.3, 0.4) is 0 Å². The number of H-pyrrole nitrogens is 1. The van der Waals surface area contributed by atoms with Gasteiger partial charge in [0.25, 0.3) is 0 Å². The summed E-state index contributed by atoms with van der Waals surface area (Å²) >= 11 is 7.30. The lowest BCUT2D eigenvalue weighted by molar-refractivity contribution is -0.140. The fraction of sp³-hybridized carbons (Fsp3) is 0.545. The number of primary amides is 2. The van der Waals surface area contributed by atoms with Gasteiger partial charge in [0.05, 0.1) is 19.6 Å². The predicted molar refractivity (Wildman–Crippen MR) is 298 cm³/mol. The molecule has 0 spiro atoms. The van der Waals surface area contributed by atoms with Crippen LogP contribution in [-0.4, -0.2) is 208 Å². The third-order valence-corrected chi connectivity index (χ3v) is 9.71. The molecule has 3 rings (SSSR count). The number of carboxylic acid groups (broad SMARTS) is 10. The Kier molecular flexibility index (Phi) is 59.1. The first-order chi connectivity index (χ1) is 37.3. The van der Waals surface area contributed by atoms with Crippen LogP contribution in [0.4, 0.5) is 0 Å². The van der Waals surface area contributed by atoms with Crippen LogP contribution in [0, 0.1) is 5.92 Å². The van der Waals surface area contributed by atoms with E-state index < -0.39 is 108 Å². The summed E-state index contributed by atoms with van der Waals surface area (Å²) in [6.07, 6.45) is 5.00. The molecule has 8 atom stereocenters. The number of carboxylic acids is 10. The van der Waals surface area contributed by atoms with E-state index in [1.165, 1.54) is 0 Å². The number of rotatable bonds is 22. The van der Waals surface area contributed by atoms with Crippen molar-refractivity contribution in [1.29, 1.82) is 0 Å². The van der Waals surface area contributed by atoms with Crippen molar-refractivity contribution in [3.63, 3.8) is 0 Å². The molecule has 1 aromatic carbocycles. The Balaban J connectivity index is -0.000000153. The average molecular weight is 1210 g/mol. The normalized spacial score (nSPS) is 13.8. The lowest BCUT2D eigenvalue weighted by Gasteiger charge is -2.11. The molecule has 0 radical (unpaired) electrons. The SMILES string of the molecule is CCC(C)C(N)C(=O)O.NC(=O)CCC(N)C(=O)O.NC(=O)CCC(N)C(=O)O.NC(CS)C(=O)O.NC(CS)C(=O)O.NC(Cc1c[nH]c2ccccc12)C(=O)O.NCC(=O)O.NCC(=O)O.NCC(=O)O.O=C(O)[C@@H]1CCCN1. The number of para-hydroxylation sites is 1. The van der Waals surface area contributed by atoms with E-state index in [1.807, 2.05) is 44.3 Å². The molecule has 0 bridgehead atoms. The number of carbonyl (C=O) groups is 12. The van der Waals surface area contributed by atoms with E-state index in [0.29, 0.717) is 6.42 Å². The van der Waals surface area contributed by atoms with Crippen molar-refractivity contribution in [2.45, 2.75) is 108 Å². The number of benzene rings is 1. The van der Waals surface area contributed by atoms with E-state index in [-0.39, 0.29) is 68.8 Å². The summed E-state index contributed by atoms with van der Waals surface area (Å²) in [6.45, 7) is 3.78. The Labute approximate surface area is 475 Å². The maximum Gasteiger partial charge on any atom is 0.321 e. The van der Waals surface area contributed by atoms with Crippen molar-refractivity contribution in [2.24, 2.45) is 69.0 Å². The average Bonchev–Trinajstić information content (AvgIpc) is 4.11. The molecule has 1 aromatic heterocycles. The quantitative estimate of drug-likeness (QED) is 0.0489. The highest BCUT2D eigenvalue weighted by atomic mass is 32.1. The summed E-state index contributed by atoms with van der Waals surface area (Å²) in [5.74, 6) is -10.3. The maximum absolute atomic E-state index is 10.6. The standard InChI is InChI=1S/C11H12N2O2.C6H13NO2.2C5H10N2O3.C5H9NO2.2C3H7NO2S.3C2H5NO2/c12-9(11(14)15)5-7-6-13-10-4-2-1-3-8(7)10;1-3-4(2)5(7)6(8)9;2*6-3(5(9)10)1-2-4(7)8;7-5(8)4-2-1-3-6-4;2*4-2(1-7)3(5)6;3*3-1-2(4)5/h1-4,6,9,13H,5,12H2,(H,14,15);4-5H,3,7H2,1-2H3,(H,8,9);2*3H,1-2,6H2,(H2,7,8)(H,9,10);4,6H,1-3H2,(H,7,8);2*2,7H,1,4H2,(H,5,6);3*1,3H2,(H,4,5)/t;;;;4-;;;;;/m....0...../s1. The topological polar surface area (TPSA) is 721 Å². The zero-order valence-corrected chi connectivity index (χ0v) is 46.3. The van der Waals surface area contributed by atoms with Gasteiger partial charge in [-0.3, -0.25) is 57.5 Å². The minimum atomic E-state index is -1.11. The Bertz CT molecular complexity index is 2070. The molecule has 37 heteroatoms. The molecule has 0 saturated carbocycles. The van der Waals surface area contributed by atoms with Crippen molar-refractivity contribution in [3.05, 3.63) is 36.0 Å². The van der Waals surface area contributed by atoms with Gasteiger partial charge in [-0.15, -0.1) is 0 Å². The fourth-order valence-electron chi connectivity index (χ4n) is 4.02. The first-order valence-electron chi connectivity index (χ1n) is 23.3. The van der Waals surface area contributed by atoms with E-state index in [0.717, 1.165) is 42.3 Å². The van der Waals surface area contributed by atoms with E-state index in [2.05, 4.69) is 52.8 Å². The summed E-state index contributed by atoms with van der Waals surface area (Å²) in [6, 6.07) is 2.35. The van der Waals surface area contributed by atoms with E-state index in [9.17, 15) is 57.5 Å². The van der Waals surface area contributed by atoms with E-state index >= 15 is 0 Å². The van der Waals surface area contributed by atoms with Crippen LogP contribution < -0.4 is 68.4 Å². The minimum Gasteiger partial charge on any atom is -0.480 e. The molecule has 2 aromatic rings. The zero-order chi connectivity index (χ0) is 65.1. The number of aliphatic carboxylic acids is 10. The third kappa shape index (κ3) is 60.2. The molecule has 7 unspecified atom stereocenters. The number of nitrogens with two attached hydrogens (primary N) is 11. The van der Waals surface area contributed by atoms with Crippen LogP contribution >= 0.6 is 25.3 Å². The minimum absolute atomic E-state index is 0.0213. The smallest absolute Gasteiger partial charge is 0.321 e. The second-order valence-electron chi connectivity index (χ2n) is 15.7. The molecule has 1 aliphatic heterocycles. The molecule has 2 heterocycles. The van der Waals surface area contributed by atoms with Gasteiger partial charge in [0.2, 0.25) is 11.8 Å². The molecular formula is C44H83N13O22S2. The summed E-state index contributed by atoms with van der Waals surface area (Å²) in [4.78, 5) is 122. The second kappa shape index (κ2) is 54.6. The van der Waals surface area contributed by atoms with Gasteiger partial charge < -0.3 is 124 Å². The maximum atomic E-state index is 10.6. The number of aromatic amines is 1. The summed E-state index contributed by atoms with van der Waals surface area (Å²) < 4.78 is 0. The van der Waals surface area contributed by atoms with Crippen molar-refractivity contribution < 1.29 is 109 Å². The van der Waals surface area contributed by atoms with Gasteiger partial charge in [-0.05, 0) is 49.8 Å². The number of aromatic nitrogens is 1. The highest BCUT2D eigenvalue weighted by Gasteiger charge is 2.20. The van der Waals surface area contributed by atoms with Gasteiger partial charge in [-0.2, -0.15) is 25.3 Å². The highest BCUT2D eigenvalue weighted by molar-refractivity contribution is 7.80. The molecule has 1 fully saturated rings. The number of hydrogen-bond acceptors (Lipinski definition) is 24. The first-order valence-corrected chi connectivity index (χ1v) is 24.5. The van der Waals surface area contributed by atoms with Gasteiger partial charge in [-0.1, -0.05) is 38.5 Å². The Morgan fingerprint density at radius 1 is 0.568 bits per heavy atom. The summed E-state index contributed by atoms with van der Waals surface area (Å²) in [7, 11) is 0. The van der Waals surface area contributed by atoms with Crippen molar-refractivity contribution in [3.8, 4) is 0 Å². The summed E-state index contributed by atoms with van der Waals surface area (Å²) in [5.41, 5.74) is 55.9. The van der Waals surface area contributed by atoms with Crippen LogP contribution in [0.1, 0.15) is 64.4 Å². The van der Waals surface area contributed by atoms with Crippen LogP contribution in [0.2, 0.25) is 0 Å². The molecular weight excluding hydrogens is 1130 g/mol. The number of amides is 2. The fourth-order valence-corrected chi connectivity index (χ4v) is 4.33. The molecule has 1 saturated heterocycles. The predicted octanol–water partition coefficient (Wildman–Crippen LogP) is -5.54. The van der Waals surface area contributed by atoms with Crippen LogP contribution in [0.15, 0.2) is 30.5 Å². The van der Waals surface area contributed by atoms with Gasteiger partial charge in [0.15, 0.2) is 0 Å². The van der Waals surface area contributed by atoms with Gasteiger partial charge in [-0.25, -0.2) is 0 Å². The monoisotopic (exact) mass is 1210 g/mol. The van der Waals surface area contributed by atoms with E-state index in [4.69, 9.17) is 96.9 Å². The Morgan fingerprint density at radius 3 is 1.12 bits per heavy atom. The number of hydrogen-bond donors (Lipinski definition) is 25. The van der Waals surface area contributed by atoms with Crippen LogP contribution in [0.5, 0.6) is 0 Å². The van der Waals surface area contributed by atoms with Gasteiger partial charge in [0.1, 0.15) is 42.3 Å². The lowest BCUT2D eigenvalue weighted by atomic mass is 10.0. The largest absolute Gasteiger partial charge is 0.480 e. The Morgan fingerprint density at radius 2 is 0.914 bits per heavy atom. The summed E-state index contributed by atoms with van der Waals surface area (Å²) in [5, 5.41) is 84.6. The number of carbonyl (C=O) groups excluding carboxylic acids is 2. The van der Waals surface area contributed by atoms with Gasteiger partial charge in [0, 0.05) is 47.9 Å². The van der Waals surface area contributed by atoms with E-state index in [1.54, 1.807) is 0 Å². The lowest BCUT2D eigenvalue weighted by Crippen LogP contribution is -2.36. The molecule has 34 N–H and O–H groups in total. The highest BCUT2D eigenvalue weighted by Crippen LogP contribution is 2.18. The zero-order valence-electron chi connectivity index (χ0n) is 44.5. The molecule has 2 amide bonds. The number of nitrogens with one attached hydrogen (secondary N) is 2. The molecule has 35 nitrogen and oxygen atoms in total. The van der Waals surface area contributed by atoms with Crippen molar-refractivity contribution in [1.82, 2.24) is 10.3 Å². The van der Waals surface area contributed by atoms with Crippen LogP contribution in [0.25, 0.3) is 10.9 Å². The van der Waals surface area contributed by atoms with Gasteiger partial charge >= 0.3 is 59.7 Å². The van der Waals surface area contributed by atoms with Crippen molar-refractivity contribution in [2.75, 3.05) is 37.7 Å². The molecule has 1 aliphatic rings. The molecule has 0 aliphatic carbocycles. The molecule has 468 valence electrons. The molecule has 81 heavy (non-hydrogen) atoms. The number of fused-ring (bicyclic) bond motifs is 1. The second-order valence-corrected chi connectivity index (χ2v) is 16.4. The van der Waals surface area contributed by atoms with Crippen LogP contribution in [-0.2, 0) is 64.0 Å². The number of thiol groups is 2. The third-order valence-electron chi connectivity index (χ3n) is 8.92. The Hall–Kier alpha value is -7.30.